The number of rotatable bonds is 9. The van der Waals surface area contributed by atoms with E-state index in [2.05, 4.69) is 0 Å². The summed E-state index contributed by atoms with van der Waals surface area (Å²) in [6, 6.07) is 0. The zero-order valence-electron chi connectivity index (χ0n) is 10.2. The highest BCUT2D eigenvalue weighted by atomic mass is 16.5. The normalized spacial score (nSPS) is 12.1. The molecule has 94 valence electrons. The number of hydrogen-bond acceptors (Lipinski definition) is 3. The first kappa shape index (κ1) is 14.9. The van der Waals surface area contributed by atoms with Crippen molar-refractivity contribution >= 4 is 11.9 Å². The second kappa shape index (κ2) is 9.19. The Morgan fingerprint density at radius 1 is 1.19 bits per heavy atom. The molecule has 0 radical (unpaired) electrons. The molecule has 0 bridgehead atoms. The number of carboxylic acid groups (broad SMARTS) is 1. The van der Waals surface area contributed by atoms with E-state index >= 15 is 0 Å². The van der Waals surface area contributed by atoms with Gasteiger partial charge in [-0.05, 0) is 12.8 Å². The van der Waals surface area contributed by atoms with Crippen LogP contribution in [0.2, 0.25) is 0 Å². The Labute approximate surface area is 97.0 Å². The Balaban J connectivity index is 3.88. The van der Waals surface area contributed by atoms with Crippen molar-refractivity contribution in [2.24, 2.45) is 5.92 Å². The van der Waals surface area contributed by atoms with Crippen LogP contribution in [0.3, 0.4) is 0 Å². The molecule has 0 aliphatic carbocycles. The molecule has 1 atom stereocenters. The molecule has 0 aromatic rings. The summed E-state index contributed by atoms with van der Waals surface area (Å²) in [6.07, 6.45) is 4.12. The quantitative estimate of drug-likeness (QED) is 0.488. The molecule has 0 saturated carbocycles. The highest BCUT2D eigenvalue weighted by molar-refractivity contribution is 5.78. The van der Waals surface area contributed by atoms with Gasteiger partial charge in [-0.3, -0.25) is 9.59 Å². The third-order valence-electron chi connectivity index (χ3n) is 2.43. The maximum Gasteiger partial charge on any atom is 0.307 e. The number of ether oxygens (including phenoxy) is 1. The van der Waals surface area contributed by atoms with Gasteiger partial charge in [0.15, 0.2) is 0 Å². The molecule has 16 heavy (non-hydrogen) atoms. The maximum atomic E-state index is 11.3. The van der Waals surface area contributed by atoms with Gasteiger partial charge in [0.05, 0.1) is 18.9 Å². The topological polar surface area (TPSA) is 63.6 Å². The van der Waals surface area contributed by atoms with E-state index in [1.54, 1.807) is 0 Å². The molecule has 0 aliphatic rings. The minimum absolute atomic E-state index is 0.000945. The molecular formula is C12H22O4. The number of carbonyl (C=O) groups is 2. The zero-order chi connectivity index (χ0) is 12.4. The number of carbonyl (C=O) groups excluding carboxylic acids is 1. The molecule has 0 aromatic carbocycles. The molecule has 0 heterocycles. The number of hydrogen-bond donors (Lipinski definition) is 1. The smallest absolute Gasteiger partial charge is 0.307 e. The first-order valence-electron chi connectivity index (χ1n) is 6.00. The summed E-state index contributed by atoms with van der Waals surface area (Å²) in [6.45, 7) is 4.41. The molecular weight excluding hydrogens is 208 g/mol. The predicted molar refractivity (Wildman–Crippen MR) is 61.1 cm³/mol. The molecule has 0 amide bonds. The van der Waals surface area contributed by atoms with Crippen molar-refractivity contribution in [3.05, 3.63) is 0 Å². The lowest BCUT2D eigenvalue weighted by Crippen LogP contribution is -2.19. The summed E-state index contributed by atoms with van der Waals surface area (Å²) in [5.74, 6) is -1.88. The molecule has 0 saturated heterocycles. The van der Waals surface area contributed by atoms with E-state index in [9.17, 15) is 9.59 Å². The third kappa shape index (κ3) is 7.26. The molecule has 0 spiro atoms. The van der Waals surface area contributed by atoms with Crippen molar-refractivity contribution in [2.75, 3.05) is 6.61 Å². The van der Waals surface area contributed by atoms with Gasteiger partial charge in [0.1, 0.15) is 0 Å². The summed E-state index contributed by atoms with van der Waals surface area (Å²) >= 11 is 0. The second-order valence-electron chi connectivity index (χ2n) is 3.96. The van der Waals surface area contributed by atoms with Gasteiger partial charge in [-0.2, -0.15) is 0 Å². The van der Waals surface area contributed by atoms with Gasteiger partial charge in [0.2, 0.25) is 0 Å². The fraction of sp³-hybridized carbons (Fsp3) is 0.833. The van der Waals surface area contributed by atoms with Crippen LogP contribution in [-0.4, -0.2) is 23.7 Å². The van der Waals surface area contributed by atoms with Gasteiger partial charge in [-0.15, -0.1) is 0 Å². The zero-order valence-corrected chi connectivity index (χ0v) is 10.2. The van der Waals surface area contributed by atoms with Crippen molar-refractivity contribution in [3.63, 3.8) is 0 Å². The third-order valence-corrected chi connectivity index (χ3v) is 2.43. The number of carboxylic acids is 1. The SMILES string of the molecule is CCCCOC(=O)CC(CCCC)C(=O)O. The fourth-order valence-corrected chi connectivity index (χ4v) is 1.35. The van der Waals surface area contributed by atoms with E-state index in [1.807, 2.05) is 13.8 Å². The van der Waals surface area contributed by atoms with Crippen molar-refractivity contribution in [2.45, 2.75) is 52.4 Å². The minimum Gasteiger partial charge on any atom is -0.481 e. The van der Waals surface area contributed by atoms with E-state index in [0.717, 1.165) is 25.7 Å². The molecule has 0 aliphatic heterocycles. The molecule has 0 rings (SSSR count). The Kier molecular flexibility index (Phi) is 8.58. The Hall–Kier alpha value is -1.06. The number of unbranched alkanes of at least 4 members (excludes halogenated alkanes) is 2. The lowest BCUT2D eigenvalue weighted by Gasteiger charge is -2.11. The van der Waals surface area contributed by atoms with Crippen molar-refractivity contribution < 1.29 is 19.4 Å². The summed E-state index contributed by atoms with van der Waals surface area (Å²) in [4.78, 5) is 22.2. The molecule has 1 N–H and O–H groups in total. The Morgan fingerprint density at radius 2 is 1.81 bits per heavy atom. The Bertz CT molecular complexity index is 213. The maximum absolute atomic E-state index is 11.3. The molecule has 4 heteroatoms. The van der Waals surface area contributed by atoms with Crippen molar-refractivity contribution in [1.82, 2.24) is 0 Å². The lowest BCUT2D eigenvalue weighted by molar-refractivity contribution is -0.151. The van der Waals surface area contributed by atoms with Crippen LogP contribution < -0.4 is 0 Å². The van der Waals surface area contributed by atoms with Crippen LogP contribution in [0.4, 0.5) is 0 Å². The van der Waals surface area contributed by atoms with Crippen LogP contribution in [0, 0.1) is 5.92 Å². The van der Waals surface area contributed by atoms with Gasteiger partial charge in [-0.1, -0.05) is 33.1 Å². The Morgan fingerprint density at radius 3 is 2.31 bits per heavy atom. The van der Waals surface area contributed by atoms with Crippen molar-refractivity contribution in [3.8, 4) is 0 Å². The van der Waals surface area contributed by atoms with E-state index < -0.39 is 17.9 Å². The molecule has 0 aromatic heterocycles. The first-order chi connectivity index (χ1) is 7.61. The van der Waals surface area contributed by atoms with Gasteiger partial charge < -0.3 is 9.84 Å². The predicted octanol–water partition coefficient (Wildman–Crippen LogP) is 2.61. The van der Waals surface area contributed by atoms with Crippen LogP contribution in [0.1, 0.15) is 52.4 Å². The first-order valence-corrected chi connectivity index (χ1v) is 6.00. The molecule has 4 nitrogen and oxygen atoms in total. The van der Waals surface area contributed by atoms with Crippen molar-refractivity contribution in [1.29, 1.82) is 0 Å². The summed E-state index contributed by atoms with van der Waals surface area (Å²) in [7, 11) is 0. The summed E-state index contributed by atoms with van der Waals surface area (Å²) in [5.41, 5.74) is 0. The van der Waals surface area contributed by atoms with Crippen LogP contribution in [0.15, 0.2) is 0 Å². The van der Waals surface area contributed by atoms with Gasteiger partial charge in [-0.25, -0.2) is 0 Å². The average Bonchev–Trinajstić information content (AvgIpc) is 2.24. The van der Waals surface area contributed by atoms with Crippen LogP contribution in [0.25, 0.3) is 0 Å². The van der Waals surface area contributed by atoms with Crippen LogP contribution in [0.5, 0.6) is 0 Å². The van der Waals surface area contributed by atoms with E-state index in [-0.39, 0.29) is 6.42 Å². The number of aliphatic carboxylic acids is 1. The van der Waals surface area contributed by atoms with Crippen LogP contribution >= 0.6 is 0 Å². The standard InChI is InChI=1S/C12H22O4/c1-3-5-7-10(12(14)15)9-11(13)16-8-6-4-2/h10H,3-9H2,1-2H3,(H,14,15). The van der Waals surface area contributed by atoms with E-state index in [1.165, 1.54) is 0 Å². The fourth-order valence-electron chi connectivity index (χ4n) is 1.35. The van der Waals surface area contributed by atoms with E-state index in [4.69, 9.17) is 9.84 Å². The molecule has 1 unspecified atom stereocenters. The highest BCUT2D eigenvalue weighted by Crippen LogP contribution is 2.14. The minimum atomic E-state index is -0.902. The van der Waals surface area contributed by atoms with Gasteiger partial charge in [0, 0.05) is 0 Å². The number of esters is 1. The van der Waals surface area contributed by atoms with Gasteiger partial charge >= 0.3 is 11.9 Å². The largest absolute Gasteiger partial charge is 0.481 e. The average molecular weight is 230 g/mol. The van der Waals surface area contributed by atoms with E-state index in [0.29, 0.717) is 13.0 Å². The second-order valence-corrected chi connectivity index (χ2v) is 3.96. The molecule has 0 fully saturated rings. The summed E-state index contributed by atoms with van der Waals surface area (Å²) < 4.78 is 4.94. The highest BCUT2D eigenvalue weighted by Gasteiger charge is 2.21. The lowest BCUT2D eigenvalue weighted by atomic mass is 9.99. The monoisotopic (exact) mass is 230 g/mol. The summed E-state index contributed by atoms with van der Waals surface area (Å²) in [5, 5.41) is 8.91. The van der Waals surface area contributed by atoms with Gasteiger partial charge in [0.25, 0.3) is 0 Å². The van der Waals surface area contributed by atoms with Crippen LogP contribution in [-0.2, 0) is 14.3 Å².